The molecule has 2 aromatic carbocycles. The molecule has 0 aliphatic rings. The summed E-state index contributed by atoms with van der Waals surface area (Å²) >= 11 is 12.2. The number of hydrogen-bond acceptors (Lipinski definition) is 2. The molecule has 0 amide bonds. The van der Waals surface area contributed by atoms with E-state index in [1.165, 1.54) is 0 Å². The SMILES string of the molecule is COc1ccc(C)cc1CC(O)c1c(Cl)cccc1Cl. The van der Waals surface area contributed by atoms with Crippen molar-refractivity contribution in [3.8, 4) is 5.75 Å². The number of methoxy groups -OCH3 is 1. The van der Waals surface area contributed by atoms with Crippen molar-refractivity contribution in [1.29, 1.82) is 0 Å². The lowest BCUT2D eigenvalue weighted by Crippen LogP contribution is -2.05. The number of halogens is 2. The molecule has 1 N–H and O–H groups in total. The van der Waals surface area contributed by atoms with Crippen LogP contribution in [0.3, 0.4) is 0 Å². The maximum Gasteiger partial charge on any atom is 0.122 e. The average molecular weight is 311 g/mol. The number of ether oxygens (including phenoxy) is 1. The molecule has 1 atom stereocenters. The van der Waals surface area contributed by atoms with E-state index < -0.39 is 6.10 Å². The number of aliphatic hydroxyl groups excluding tert-OH is 1. The first-order valence-corrected chi connectivity index (χ1v) is 7.04. The first-order valence-electron chi connectivity index (χ1n) is 6.28. The molecule has 0 fully saturated rings. The van der Waals surface area contributed by atoms with E-state index in [4.69, 9.17) is 27.9 Å². The van der Waals surface area contributed by atoms with Crippen LogP contribution in [0.15, 0.2) is 36.4 Å². The minimum absolute atomic E-state index is 0.397. The molecule has 20 heavy (non-hydrogen) atoms. The van der Waals surface area contributed by atoms with Crippen LogP contribution in [-0.4, -0.2) is 12.2 Å². The summed E-state index contributed by atoms with van der Waals surface area (Å²) in [5.74, 6) is 0.748. The van der Waals surface area contributed by atoms with Gasteiger partial charge < -0.3 is 9.84 Å². The molecule has 4 heteroatoms. The molecule has 2 nitrogen and oxygen atoms in total. The Labute approximate surface area is 128 Å². The van der Waals surface area contributed by atoms with Gasteiger partial charge in [0.1, 0.15) is 5.75 Å². The van der Waals surface area contributed by atoms with E-state index in [1.807, 2.05) is 25.1 Å². The van der Waals surface area contributed by atoms with Crippen LogP contribution < -0.4 is 4.74 Å². The normalized spacial score (nSPS) is 12.2. The Balaban J connectivity index is 2.32. The van der Waals surface area contributed by atoms with Crippen LogP contribution in [0.5, 0.6) is 5.75 Å². The molecule has 0 aliphatic carbocycles. The standard InChI is InChI=1S/C16H16Cl2O2/c1-10-6-7-15(20-2)11(8-10)9-14(19)16-12(17)4-3-5-13(16)18/h3-8,14,19H,9H2,1-2H3. The average Bonchev–Trinajstić information content (AvgIpc) is 2.38. The third kappa shape index (κ3) is 3.26. The molecule has 0 aliphatic heterocycles. The molecular weight excluding hydrogens is 295 g/mol. The third-order valence-corrected chi connectivity index (χ3v) is 3.84. The van der Waals surface area contributed by atoms with Crippen LogP contribution in [0.4, 0.5) is 0 Å². The predicted molar refractivity (Wildman–Crippen MR) is 82.9 cm³/mol. The fourth-order valence-corrected chi connectivity index (χ4v) is 2.86. The molecule has 106 valence electrons. The van der Waals surface area contributed by atoms with E-state index in [0.717, 1.165) is 16.9 Å². The van der Waals surface area contributed by atoms with E-state index in [9.17, 15) is 5.11 Å². The number of hydrogen-bond donors (Lipinski definition) is 1. The van der Waals surface area contributed by atoms with Crippen molar-refractivity contribution in [2.75, 3.05) is 7.11 Å². The monoisotopic (exact) mass is 310 g/mol. The van der Waals surface area contributed by atoms with Crippen LogP contribution in [0.25, 0.3) is 0 Å². The zero-order valence-electron chi connectivity index (χ0n) is 11.4. The first-order chi connectivity index (χ1) is 9.52. The highest BCUT2D eigenvalue weighted by atomic mass is 35.5. The molecule has 0 saturated heterocycles. The number of rotatable bonds is 4. The lowest BCUT2D eigenvalue weighted by molar-refractivity contribution is 0.177. The van der Waals surface area contributed by atoms with Gasteiger partial charge in [0.05, 0.1) is 13.2 Å². The highest BCUT2D eigenvalue weighted by Crippen LogP contribution is 2.33. The first kappa shape index (κ1) is 15.2. The molecule has 0 spiro atoms. The van der Waals surface area contributed by atoms with Gasteiger partial charge in [-0.25, -0.2) is 0 Å². The molecular formula is C16H16Cl2O2. The summed E-state index contributed by atoms with van der Waals surface area (Å²) in [6.07, 6.45) is -0.374. The highest BCUT2D eigenvalue weighted by molar-refractivity contribution is 6.36. The Morgan fingerprint density at radius 3 is 2.40 bits per heavy atom. The van der Waals surface area contributed by atoms with Gasteiger partial charge in [-0.05, 0) is 30.7 Å². The lowest BCUT2D eigenvalue weighted by atomic mass is 9.99. The molecule has 2 aromatic rings. The lowest BCUT2D eigenvalue weighted by Gasteiger charge is -2.16. The van der Waals surface area contributed by atoms with Crippen LogP contribution in [-0.2, 0) is 6.42 Å². The smallest absolute Gasteiger partial charge is 0.122 e. The van der Waals surface area contributed by atoms with E-state index in [1.54, 1.807) is 25.3 Å². The molecule has 0 radical (unpaired) electrons. The Morgan fingerprint density at radius 1 is 1.15 bits per heavy atom. The molecule has 2 rings (SSSR count). The molecule has 1 unspecified atom stereocenters. The van der Waals surface area contributed by atoms with Gasteiger partial charge in [0, 0.05) is 22.0 Å². The third-order valence-electron chi connectivity index (χ3n) is 3.18. The zero-order valence-corrected chi connectivity index (χ0v) is 12.9. The van der Waals surface area contributed by atoms with Gasteiger partial charge in [-0.15, -0.1) is 0 Å². The van der Waals surface area contributed by atoms with E-state index >= 15 is 0 Å². The number of aryl methyl sites for hydroxylation is 1. The fourth-order valence-electron chi connectivity index (χ4n) is 2.21. The summed E-state index contributed by atoms with van der Waals surface area (Å²) in [6, 6.07) is 11.1. The maximum absolute atomic E-state index is 10.4. The Morgan fingerprint density at radius 2 is 1.80 bits per heavy atom. The van der Waals surface area contributed by atoms with Gasteiger partial charge in [0.15, 0.2) is 0 Å². The van der Waals surface area contributed by atoms with Gasteiger partial charge in [-0.2, -0.15) is 0 Å². The van der Waals surface area contributed by atoms with Gasteiger partial charge >= 0.3 is 0 Å². The summed E-state index contributed by atoms with van der Waals surface area (Å²) in [5, 5.41) is 11.4. The fraction of sp³-hybridized carbons (Fsp3) is 0.250. The predicted octanol–water partition coefficient (Wildman–Crippen LogP) is 4.59. The van der Waals surface area contributed by atoms with Crippen LogP contribution in [0, 0.1) is 6.92 Å². The number of aliphatic hydroxyl groups is 1. The van der Waals surface area contributed by atoms with E-state index in [0.29, 0.717) is 22.0 Å². The van der Waals surface area contributed by atoms with Crippen molar-refractivity contribution in [2.45, 2.75) is 19.4 Å². The van der Waals surface area contributed by atoms with Gasteiger partial charge in [0.2, 0.25) is 0 Å². The molecule has 0 saturated carbocycles. The second-order valence-electron chi connectivity index (χ2n) is 4.67. The van der Waals surface area contributed by atoms with Crippen molar-refractivity contribution >= 4 is 23.2 Å². The minimum atomic E-state index is -0.771. The van der Waals surface area contributed by atoms with Crippen LogP contribution in [0.1, 0.15) is 22.8 Å². The minimum Gasteiger partial charge on any atom is -0.496 e. The quantitative estimate of drug-likeness (QED) is 0.895. The zero-order chi connectivity index (χ0) is 14.7. The highest BCUT2D eigenvalue weighted by Gasteiger charge is 2.17. The van der Waals surface area contributed by atoms with E-state index in [2.05, 4.69) is 0 Å². The van der Waals surface area contributed by atoms with Crippen molar-refractivity contribution in [3.63, 3.8) is 0 Å². The Hall–Kier alpha value is -1.22. The largest absolute Gasteiger partial charge is 0.496 e. The van der Waals surface area contributed by atoms with Crippen molar-refractivity contribution in [1.82, 2.24) is 0 Å². The Bertz CT molecular complexity index is 591. The number of benzene rings is 2. The summed E-state index contributed by atoms with van der Waals surface area (Å²) in [4.78, 5) is 0. The van der Waals surface area contributed by atoms with Gasteiger partial charge in [-0.1, -0.05) is 47.0 Å². The summed E-state index contributed by atoms with van der Waals surface area (Å²) in [5.41, 5.74) is 2.59. The summed E-state index contributed by atoms with van der Waals surface area (Å²) in [7, 11) is 1.61. The molecule has 0 aromatic heterocycles. The summed E-state index contributed by atoms with van der Waals surface area (Å²) in [6.45, 7) is 2.00. The topological polar surface area (TPSA) is 29.5 Å². The summed E-state index contributed by atoms with van der Waals surface area (Å²) < 4.78 is 5.32. The second kappa shape index (κ2) is 6.49. The maximum atomic E-state index is 10.4. The Kier molecular flexibility index (Phi) is 4.92. The van der Waals surface area contributed by atoms with E-state index in [-0.39, 0.29) is 0 Å². The van der Waals surface area contributed by atoms with Crippen LogP contribution in [0.2, 0.25) is 10.0 Å². The van der Waals surface area contributed by atoms with Gasteiger partial charge in [-0.3, -0.25) is 0 Å². The van der Waals surface area contributed by atoms with Crippen molar-refractivity contribution in [3.05, 3.63) is 63.1 Å². The van der Waals surface area contributed by atoms with Crippen molar-refractivity contribution in [2.24, 2.45) is 0 Å². The molecule has 0 heterocycles. The van der Waals surface area contributed by atoms with Crippen molar-refractivity contribution < 1.29 is 9.84 Å². The second-order valence-corrected chi connectivity index (χ2v) is 5.48. The molecule has 0 bridgehead atoms. The van der Waals surface area contributed by atoms with Gasteiger partial charge in [0.25, 0.3) is 0 Å². The van der Waals surface area contributed by atoms with Crippen LogP contribution >= 0.6 is 23.2 Å².